The maximum absolute atomic E-state index is 12.5. The van der Waals surface area contributed by atoms with Crippen LogP contribution in [0.2, 0.25) is 10.0 Å². The first kappa shape index (κ1) is 17.4. The van der Waals surface area contributed by atoms with E-state index in [-0.39, 0.29) is 11.2 Å². The Hall–Kier alpha value is -2.02. The van der Waals surface area contributed by atoms with Crippen LogP contribution in [-0.4, -0.2) is 27.8 Å². The van der Waals surface area contributed by atoms with E-state index in [2.05, 4.69) is 10.1 Å². The highest BCUT2D eigenvalue weighted by atomic mass is 35.5. The molecule has 0 fully saturated rings. The fourth-order valence-corrected chi connectivity index (χ4v) is 4.17. The molecule has 26 heavy (non-hydrogen) atoms. The Kier molecular flexibility index (Phi) is 4.65. The molecule has 0 saturated carbocycles. The van der Waals surface area contributed by atoms with Gasteiger partial charge in [0.1, 0.15) is 5.75 Å². The lowest BCUT2D eigenvalue weighted by molar-refractivity contribution is 0.0868. The molecule has 0 saturated heterocycles. The van der Waals surface area contributed by atoms with E-state index in [1.54, 1.807) is 25.3 Å². The normalized spacial score (nSPS) is 16.4. The Morgan fingerprint density at radius 1 is 1.15 bits per heavy atom. The zero-order valence-corrected chi connectivity index (χ0v) is 16.0. The van der Waals surface area contributed by atoms with Gasteiger partial charge in [0.15, 0.2) is 11.0 Å². The van der Waals surface area contributed by atoms with Crippen LogP contribution in [-0.2, 0) is 0 Å². The molecule has 0 spiro atoms. The van der Waals surface area contributed by atoms with Gasteiger partial charge in [-0.25, -0.2) is 4.98 Å². The van der Waals surface area contributed by atoms with Crippen LogP contribution in [0.1, 0.15) is 22.0 Å². The summed E-state index contributed by atoms with van der Waals surface area (Å²) in [6.45, 7) is 0. The molecule has 0 aliphatic carbocycles. The van der Waals surface area contributed by atoms with Crippen LogP contribution >= 0.6 is 35.0 Å². The third kappa shape index (κ3) is 3.20. The summed E-state index contributed by atoms with van der Waals surface area (Å²) in [4.78, 5) is 17.1. The summed E-state index contributed by atoms with van der Waals surface area (Å²) < 4.78 is 6.55. The number of hydrogen-bond donors (Lipinski definition) is 0. The van der Waals surface area contributed by atoms with Crippen LogP contribution in [0, 0.1) is 0 Å². The van der Waals surface area contributed by atoms with Crippen molar-refractivity contribution < 1.29 is 9.53 Å². The Morgan fingerprint density at radius 2 is 1.92 bits per heavy atom. The number of rotatable bonds is 3. The summed E-state index contributed by atoms with van der Waals surface area (Å²) in [7, 11) is 1.63. The molecule has 3 aromatic rings. The Labute approximate surface area is 164 Å². The molecule has 2 heterocycles. The number of fused-ring (bicyclic) bond motifs is 1. The van der Waals surface area contributed by atoms with Crippen LogP contribution in [0.3, 0.4) is 0 Å². The number of carbonyl (C=O) groups excluding carboxylic acids is 1. The third-order valence-electron chi connectivity index (χ3n) is 4.09. The molecule has 4 rings (SSSR count). The van der Waals surface area contributed by atoms with Crippen LogP contribution in [0.15, 0.2) is 47.6 Å². The molecule has 1 aliphatic heterocycles. The molecule has 1 aromatic heterocycles. The lowest BCUT2D eigenvalue weighted by Crippen LogP contribution is -2.20. The Balaban J connectivity index is 1.65. The van der Waals surface area contributed by atoms with Gasteiger partial charge in [0.2, 0.25) is 0 Å². The van der Waals surface area contributed by atoms with Gasteiger partial charge in [-0.3, -0.25) is 4.79 Å². The van der Waals surface area contributed by atoms with Crippen molar-refractivity contribution >= 4 is 40.9 Å². The fraction of sp³-hybridized carbons (Fsp3) is 0.167. The Morgan fingerprint density at radius 3 is 2.62 bits per heavy atom. The van der Waals surface area contributed by atoms with Crippen LogP contribution < -0.4 is 4.74 Å². The largest absolute Gasteiger partial charge is 0.497 e. The number of carbonyl (C=O) groups is 1. The molecule has 5 nitrogen and oxygen atoms in total. The number of ether oxygens (including phenoxy) is 1. The topological polar surface area (TPSA) is 57.0 Å². The summed E-state index contributed by atoms with van der Waals surface area (Å²) in [5, 5.41) is 5.79. The second-order valence-electron chi connectivity index (χ2n) is 5.74. The van der Waals surface area contributed by atoms with Crippen molar-refractivity contribution in [3.8, 4) is 17.1 Å². The predicted molar refractivity (Wildman–Crippen MR) is 102 cm³/mol. The van der Waals surface area contributed by atoms with Crippen molar-refractivity contribution in [3.63, 3.8) is 0 Å². The number of methoxy groups -OCH3 is 1. The minimum absolute atomic E-state index is 0.00763. The smallest absolute Gasteiger partial charge is 0.250 e. The first-order valence-corrected chi connectivity index (χ1v) is 9.45. The van der Waals surface area contributed by atoms with E-state index in [1.165, 1.54) is 16.4 Å². The SMILES string of the molecule is COc1ccc(C2CC(=O)n3nc(-c4ccc(Cl)c(Cl)c4)nc3S2)cc1. The number of halogens is 2. The van der Waals surface area contributed by atoms with E-state index in [0.29, 0.717) is 27.4 Å². The molecule has 1 unspecified atom stereocenters. The highest BCUT2D eigenvalue weighted by Crippen LogP contribution is 2.42. The Bertz CT molecular complexity index is 989. The minimum atomic E-state index is -0.0848. The van der Waals surface area contributed by atoms with Crippen LogP contribution in [0.4, 0.5) is 0 Å². The van der Waals surface area contributed by atoms with Crippen molar-refractivity contribution in [2.24, 2.45) is 0 Å². The molecular formula is C18H13Cl2N3O2S. The molecule has 0 amide bonds. The van der Waals surface area contributed by atoms with E-state index >= 15 is 0 Å². The monoisotopic (exact) mass is 405 g/mol. The number of thioether (sulfide) groups is 1. The van der Waals surface area contributed by atoms with Gasteiger partial charge < -0.3 is 4.74 Å². The first-order valence-electron chi connectivity index (χ1n) is 7.81. The average molecular weight is 406 g/mol. The molecule has 1 aliphatic rings. The molecule has 0 bridgehead atoms. The lowest BCUT2D eigenvalue weighted by Gasteiger charge is -2.20. The molecule has 0 N–H and O–H groups in total. The predicted octanol–water partition coefficient (Wildman–Crippen LogP) is 5.14. The molecule has 8 heteroatoms. The number of aromatic nitrogens is 3. The molecule has 1 atom stereocenters. The highest BCUT2D eigenvalue weighted by molar-refractivity contribution is 7.99. The number of benzene rings is 2. The molecule has 0 radical (unpaired) electrons. The van der Waals surface area contributed by atoms with E-state index in [4.69, 9.17) is 27.9 Å². The van der Waals surface area contributed by atoms with Crippen molar-refractivity contribution in [3.05, 3.63) is 58.1 Å². The maximum atomic E-state index is 12.5. The quantitative estimate of drug-likeness (QED) is 0.603. The summed E-state index contributed by atoms with van der Waals surface area (Å²) in [5.74, 6) is 1.15. The summed E-state index contributed by atoms with van der Waals surface area (Å²) in [5.41, 5.74) is 1.77. The minimum Gasteiger partial charge on any atom is -0.497 e. The van der Waals surface area contributed by atoms with E-state index in [0.717, 1.165) is 16.9 Å². The molecular weight excluding hydrogens is 393 g/mol. The van der Waals surface area contributed by atoms with Gasteiger partial charge in [-0.15, -0.1) is 5.10 Å². The van der Waals surface area contributed by atoms with Crippen molar-refractivity contribution in [2.45, 2.75) is 16.8 Å². The van der Waals surface area contributed by atoms with Gasteiger partial charge in [-0.1, -0.05) is 47.1 Å². The maximum Gasteiger partial charge on any atom is 0.250 e. The second kappa shape index (κ2) is 6.95. The van der Waals surface area contributed by atoms with Crippen molar-refractivity contribution in [1.29, 1.82) is 0 Å². The highest BCUT2D eigenvalue weighted by Gasteiger charge is 2.30. The standard InChI is InChI=1S/C18H13Cl2N3O2S/c1-25-12-5-2-10(3-6-12)15-9-16(24)23-18(26-15)21-17(22-23)11-4-7-13(19)14(20)8-11/h2-8,15H,9H2,1H3. The van der Waals surface area contributed by atoms with E-state index in [1.807, 2.05) is 24.3 Å². The van der Waals surface area contributed by atoms with Gasteiger partial charge in [0.05, 0.1) is 17.2 Å². The molecule has 132 valence electrons. The lowest BCUT2D eigenvalue weighted by atomic mass is 10.1. The second-order valence-corrected chi connectivity index (χ2v) is 7.72. The molecule has 2 aromatic carbocycles. The summed E-state index contributed by atoms with van der Waals surface area (Å²) >= 11 is 13.5. The first-order chi connectivity index (χ1) is 12.5. The van der Waals surface area contributed by atoms with Gasteiger partial charge >= 0.3 is 0 Å². The summed E-state index contributed by atoms with van der Waals surface area (Å²) in [6, 6.07) is 12.9. The average Bonchev–Trinajstić information content (AvgIpc) is 3.09. The van der Waals surface area contributed by atoms with Gasteiger partial charge in [-0.2, -0.15) is 4.68 Å². The van der Waals surface area contributed by atoms with Gasteiger partial charge in [0, 0.05) is 17.2 Å². The zero-order valence-electron chi connectivity index (χ0n) is 13.6. The fourth-order valence-electron chi connectivity index (χ4n) is 2.71. The van der Waals surface area contributed by atoms with Crippen molar-refractivity contribution in [2.75, 3.05) is 7.11 Å². The third-order valence-corrected chi connectivity index (χ3v) is 6.02. The zero-order chi connectivity index (χ0) is 18.3. The van der Waals surface area contributed by atoms with Gasteiger partial charge in [-0.05, 0) is 35.9 Å². The number of nitrogens with zero attached hydrogens (tertiary/aromatic N) is 3. The van der Waals surface area contributed by atoms with E-state index < -0.39 is 0 Å². The van der Waals surface area contributed by atoms with Crippen LogP contribution in [0.5, 0.6) is 5.75 Å². The van der Waals surface area contributed by atoms with Crippen LogP contribution in [0.25, 0.3) is 11.4 Å². The van der Waals surface area contributed by atoms with E-state index in [9.17, 15) is 4.79 Å². The van der Waals surface area contributed by atoms with Gasteiger partial charge in [0.25, 0.3) is 5.91 Å². The summed E-state index contributed by atoms with van der Waals surface area (Å²) in [6.07, 6.45) is 0.355. The number of hydrogen-bond acceptors (Lipinski definition) is 5. The van der Waals surface area contributed by atoms with Crippen molar-refractivity contribution in [1.82, 2.24) is 14.8 Å².